The van der Waals surface area contributed by atoms with Gasteiger partial charge >= 0.3 is 0 Å². The third kappa shape index (κ3) is 3.20. The highest BCUT2D eigenvalue weighted by molar-refractivity contribution is 6.08. The highest BCUT2D eigenvalue weighted by Gasteiger charge is 2.50. The molecular formula is C20H26N2O3. The van der Waals surface area contributed by atoms with Crippen molar-refractivity contribution in [1.82, 2.24) is 10.2 Å². The Morgan fingerprint density at radius 2 is 1.64 bits per heavy atom. The lowest BCUT2D eigenvalue weighted by molar-refractivity contribution is -0.147. The fraction of sp³-hybridized carbons (Fsp3) is 0.550. The number of nitrogens with one attached hydrogen (secondary N) is 1. The van der Waals surface area contributed by atoms with E-state index in [9.17, 15) is 14.4 Å². The zero-order chi connectivity index (χ0) is 18.1. The zero-order valence-corrected chi connectivity index (χ0v) is 15.1. The average molecular weight is 342 g/mol. The standard InChI is InChI=1S/C20H26N2O3/c1-12-8-4-5-9-15(12)13(2)21-18(23)14(3)22-19(24)16-10-6-7-11-17(16)20(22)25/h4-5,8-9,13-14,16-17H,6-7,10-11H2,1-3H3,(H,21,23). The molecule has 4 unspecified atom stereocenters. The van der Waals surface area contributed by atoms with Gasteiger partial charge in [0.15, 0.2) is 0 Å². The first kappa shape index (κ1) is 17.6. The molecule has 1 aromatic rings. The minimum absolute atomic E-state index is 0.166. The molecule has 3 amide bonds. The molecule has 1 saturated carbocycles. The Morgan fingerprint density at radius 1 is 1.08 bits per heavy atom. The van der Waals surface area contributed by atoms with Crippen molar-refractivity contribution in [3.63, 3.8) is 0 Å². The van der Waals surface area contributed by atoms with Crippen LogP contribution < -0.4 is 5.32 Å². The van der Waals surface area contributed by atoms with Crippen LogP contribution in [0.3, 0.4) is 0 Å². The van der Waals surface area contributed by atoms with Gasteiger partial charge in [-0.25, -0.2) is 0 Å². The molecule has 1 heterocycles. The molecule has 1 aliphatic carbocycles. The summed E-state index contributed by atoms with van der Waals surface area (Å²) in [5.74, 6) is -1.05. The van der Waals surface area contributed by atoms with Crippen LogP contribution in [-0.2, 0) is 14.4 Å². The summed E-state index contributed by atoms with van der Waals surface area (Å²) in [6, 6.07) is 6.93. The molecule has 1 saturated heterocycles. The largest absolute Gasteiger partial charge is 0.348 e. The van der Waals surface area contributed by atoms with E-state index in [-0.39, 0.29) is 35.6 Å². The third-order valence-corrected chi connectivity index (χ3v) is 5.66. The smallest absolute Gasteiger partial charge is 0.243 e. The summed E-state index contributed by atoms with van der Waals surface area (Å²) in [5.41, 5.74) is 2.14. The monoisotopic (exact) mass is 342 g/mol. The van der Waals surface area contributed by atoms with Crippen LogP contribution in [0.15, 0.2) is 24.3 Å². The van der Waals surface area contributed by atoms with Gasteiger partial charge in [-0.3, -0.25) is 19.3 Å². The minimum atomic E-state index is -0.767. The van der Waals surface area contributed by atoms with Crippen molar-refractivity contribution < 1.29 is 14.4 Å². The van der Waals surface area contributed by atoms with Crippen molar-refractivity contribution in [2.24, 2.45) is 11.8 Å². The van der Waals surface area contributed by atoms with E-state index >= 15 is 0 Å². The number of aryl methyl sites for hydroxylation is 1. The van der Waals surface area contributed by atoms with Crippen LogP contribution in [0.4, 0.5) is 0 Å². The number of nitrogens with zero attached hydrogens (tertiary/aromatic N) is 1. The molecule has 4 atom stereocenters. The van der Waals surface area contributed by atoms with Gasteiger partial charge in [0, 0.05) is 0 Å². The number of benzene rings is 1. The average Bonchev–Trinajstić information content (AvgIpc) is 2.86. The highest BCUT2D eigenvalue weighted by Crippen LogP contribution is 2.38. The second kappa shape index (κ2) is 6.98. The van der Waals surface area contributed by atoms with Crippen LogP contribution in [0.2, 0.25) is 0 Å². The quantitative estimate of drug-likeness (QED) is 0.856. The lowest BCUT2D eigenvalue weighted by Gasteiger charge is -2.25. The first-order valence-electron chi connectivity index (χ1n) is 9.14. The van der Waals surface area contributed by atoms with E-state index < -0.39 is 6.04 Å². The second-order valence-electron chi connectivity index (χ2n) is 7.31. The number of imide groups is 1. The third-order valence-electron chi connectivity index (χ3n) is 5.66. The maximum Gasteiger partial charge on any atom is 0.243 e. The normalized spacial score (nSPS) is 25.5. The van der Waals surface area contributed by atoms with Gasteiger partial charge < -0.3 is 5.32 Å². The zero-order valence-electron chi connectivity index (χ0n) is 15.1. The number of carbonyl (C=O) groups is 3. The Balaban J connectivity index is 1.71. The van der Waals surface area contributed by atoms with E-state index in [4.69, 9.17) is 0 Å². The molecule has 134 valence electrons. The summed E-state index contributed by atoms with van der Waals surface area (Å²) in [4.78, 5) is 39.1. The molecule has 2 aliphatic rings. The van der Waals surface area contributed by atoms with Crippen LogP contribution in [0, 0.1) is 18.8 Å². The summed E-state index contributed by atoms with van der Waals surface area (Å²) in [6.07, 6.45) is 3.50. The molecule has 3 rings (SSSR count). The fourth-order valence-electron chi connectivity index (χ4n) is 4.17. The van der Waals surface area contributed by atoms with Crippen LogP contribution in [0.5, 0.6) is 0 Å². The van der Waals surface area contributed by atoms with Crippen LogP contribution in [0.1, 0.15) is 56.7 Å². The lowest BCUT2D eigenvalue weighted by atomic mass is 9.81. The first-order valence-corrected chi connectivity index (χ1v) is 9.14. The predicted molar refractivity (Wildman–Crippen MR) is 94.5 cm³/mol. The molecule has 0 spiro atoms. The first-order chi connectivity index (χ1) is 11.9. The van der Waals surface area contributed by atoms with Gasteiger partial charge in [-0.2, -0.15) is 0 Å². The van der Waals surface area contributed by atoms with Crippen LogP contribution in [0.25, 0.3) is 0 Å². The van der Waals surface area contributed by atoms with Gasteiger partial charge in [-0.05, 0) is 44.7 Å². The van der Waals surface area contributed by atoms with Crippen LogP contribution >= 0.6 is 0 Å². The Labute approximate surface area is 148 Å². The van der Waals surface area contributed by atoms with Crippen LogP contribution in [-0.4, -0.2) is 28.7 Å². The van der Waals surface area contributed by atoms with Gasteiger partial charge in [0.05, 0.1) is 17.9 Å². The number of carbonyl (C=O) groups excluding carboxylic acids is 3. The molecule has 2 fully saturated rings. The number of fused-ring (bicyclic) bond motifs is 1. The molecule has 1 N–H and O–H groups in total. The molecular weight excluding hydrogens is 316 g/mol. The Bertz CT molecular complexity index is 676. The molecule has 1 aromatic carbocycles. The second-order valence-corrected chi connectivity index (χ2v) is 7.31. The van der Waals surface area contributed by atoms with Crippen molar-refractivity contribution in [2.45, 2.75) is 58.5 Å². The maximum atomic E-state index is 12.7. The summed E-state index contributed by atoms with van der Waals surface area (Å²) in [5, 5.41) is 2.95. The molecule has 25 heavy (non-hydrogen) atoms. The molecule has 0 radical (unpaired) electrons. The van der Waals surface area contributed by atoms with Gasteiger partial charge in [0.1, 0.15) is 6.04 Å². The number of likely N-dealkylation sites (tertiary alicyclic amines) is 1. The van der Waals surface area contributed by atoms with E-state index in [2.05, 4.69) is 5.32 Å². The minimum Gasteiger partial charge on any atom is -0.348 e. The summed E-state index contributed by atoms with van der Waals surface area (Å²) in [7, 11) is 0. The van der Waals surface area contributed by atoms with E-state index in [1.165, 1.54) is 4.90 Å². The number of amides is 3. The van der Waals surface area contributed by atoms with Crippen molar-refractivity contribution >= 4 is 17.7 Å². The molecule has 5 nitrogen and oxygen atoms in total. The molecule has 0 bridgehead atoms. The molecule has 5 heteroatoms. The fourth-order valence-corrected chi connectivity index (χ4v) is 4.17. The number of hydrogen-bond donors (Lipinski definition) is 1. The van der Waals surface area contributed by atoms with Gasteiger partial charge in [0.2, 0.25) is 17.7 Å². The van der Waals surface area contributed by atoms with E-state index in [1.807, 2.05) is 38.1 Å². The Hall–Kier alpha value is -2.17. The van der Waals surface area contributed by atoms with Gasteiger partial charge in [-0.1, -0.05) is 37.1 Å². The van der Waals surface area contributed by atoms with Gasteiger partial charge in [-0.15, -0.1) is 0 Å². The van der Waals surface area contributed by atoms with Crippen molar-refractivity contribution in [1.29, 1.82) is 0 Å². The Kier molecular flexibility index (Phi) is 4.93. The number of hydrogen-bond acceptors (Lipinski definition) is 3. The van der Waals surface area contributed by atoms with E-state index in [0.717, 1.165) is 36.8 Å². The molecule has 1 aliphatic heterocycles. The topological polar surface area (TPSA) is 66.5 Å². The SMILES string of the molecule is Cc1ccccc1C(C)NC(=O)C(C)N1C(=O)C2CCCCC2C1=O. The van der Waals surface area contributed by atoms with Gasteiger partial charge in [0.25, 0.3) is 0 Å². The van der Waals surface area contributed by atoms with Crippen molar-refractivity contribution in [3.8, 4) is 0 Å². The predicted octanol–water partition coefficient (Wildman–Crippen LogP) is 2.74. The lowest BCUT2D eigenvalue weighted by Crippen LogP contribution is -2.48. The highest BCUT2D eigenvalue weighted by atomic mass is 16.2. The van der Waals surface area contributed by atoms with E-state index in [0.29, 0.717) is 0 Å². The molecule has 0 aromatic heterocycles. The van der Waals surface area contributed by atoms with Crippen molar-refractivity contribution in [3.05, 3.63) is 35.4 Å². The van der Waals surface area contributed by atoms with E-state index in [1.54, 1.807) is 6.92 Å². The maximum absolute atomic E-state index is 12.7. The van der Waals surface area contributed by atoms with Crippen molar-refractivity contribution in [2.75, 3.05) is 0 Å². The summed E-state index contributed by atoms with van der Waals surface area (Å²) >= 11 is 0. The number of rotatable bonds is 4. The summed E-state index contributed by atoms with van der Waals surface area (Å²) < 4.78 is 0. The Morgan fingerprint density at radius 3 is 2.20 bits per heavy atom. The summed E-state index contributed by atoms with van der Waals surface area (Å²) in [6.45, 7) is 5.56.